The van der Waals surface area contributed by atoms with Gasteiger partial charge in [-0.15, -0.1) is 11.5 Å². The molecule has 21 heavy (non-hydrogen) atoms. The molecule has 0 aliphatic heterocycles. The lowest BCUT2D eigenvalue weighted by molar-refractivity contribution is -0.315. The molecule has 0 aliphatic carbocycles. The van der Waals surface area contributed by atoms with Crippen molar-refractivity contribution < 1.29 is 30.0 Å². The molecule has 0 fully saturated rings. The minimum atomic E-state index is -0.833. The van der Waals surface area contributed by atoms with Gasteiger partial charge in [-0.25, -0.2) is 0 Å². The maximum atomic E-state index is 11.3. The Morgan fingerprint density at radius 2 is 1.38 bits per heavy atom. The van der Waals surface area contributed by atoms with Crippen molar-refractivity contribution in [2.24, 2.45) is 0 Å². The molecular formula is C14H13ClO6-2. The van der Waals surface area contributed by atoms with E-state index < -0.39 is 23.4 Å². The van der Waals surface area contributed by atoms with Crippen molar-refractivity contribution in [1.82, 2.24) is 0 Å². The van der Waals surface area contributed by atoms with Crippen LogP contribution in [0.1, 0.15) is 13.8 Å². The molecular weight excluding hydrogens is 300 g/mol. The zero-order valence-corrected chi connectivity index (χ0v) is 12.0. The van der Waals surface area contributed by atoms with Gasteiger partial charge in [0.2, 0.25) is 0 Å². The van der Waals surface area contributed by atoms with E-state index in [1.54, 1.807) is 24.3 Å². The van der Waals surface area contributed by atoms with E-state index in [0.717, 1.165) is 19.9 Å². The molecule has 2 aromatic carbocycles. The topological polar surface area (TPSA) is 121 Å². The Balaban J connectivity index is 0.000000421. The molecule has 0 saturated carbocycles. The smallest absolute Gasteiger partial charge is 0.300 e. The van der Waals surface area contributed by atoms with Crippen LogP contribution in [0.2, 0.25) is 5.02 Å². The minimum Gasteiger partial charge on any atom is -0.873 e. The summed E-state index contributed by atoms with van der Waals surface area (Å²) in [6.45, 7) is 2.17. The fourth-order valence-corrected chi connectivity index (χ4v) is 1.54. The maximum absolute atomic E-state index is 11.3. The molecule has 0 radical (unpaired) electrons. The second-order valence-electron chi connectivity index (χ2n) is 3.77. The molecule has 0 aromatic heterocycles. The Bertz CT molecular complexity index is 619. The van der Waals surface area contributed by atoms with E-state index >= 15 is 0 Å². The highest BCUT2D eigenvalue weighted by Gasteiger charge is 1.98. The Kier molecular flexibility index (Phi) is 7.63. The SMILES string of the molecule is CC(=O)O.CC(=O)O.[O-]c1cc(Cl)c2ccccc2c1[O-]. The number of hydrogen-bond acceptors (Lipinski definition) is 4. The molecule has 0 amide bonds. The summed E-state index contributed by atoms with van der Waals surface area (Å²) < 4.78 is 0. The highest BCUT2D eigenvalue weighted by molar-refractivity contribution is 6.36. The van der Waals surface area contributed by atoms with Crippen LogP contribution in [-0.2, 0) is 9.59 Å². The van der Waals surface area contributed by atoms with Crippen LogP contribution in [0.25, 0.3) is 10.8 Å². The van der Waals surface area contributed by atoms with Gasteiger partial charge in [0.15, 0.2) is 0 Å². The molecule has 0 heterocycles. The van der Waals surface area contributed by atoms with E-state index in [1.807, 2.05) is 0 Å². The van der Waals surface area contributed by atoms with Gasteiger partial charge in [-0.2, -0.15) is 0 Å². The van der Waals surface area contributed by atoms with E-state index in [-0.39, 0.29) is 0 Å². The summed E-state index contributed by atoms with van der Waals surface area (Å²) in [5.41, 5.74) is 0. The number of hydrogen-bond donors (Lipinski definition) is 2. The molecule has 0 aliphatic rings. The van der Waals surface area contributed by atoms with Crippen LogP contribution in [0, 0.1) is 0 Å². The van der Waals surface area contributed by atoms with Crippen molar-refractivity contribution in [3.8, 4) is 11.5 Å². The minimum absolute atomic E-state index is 0.334. The summed E-state index contributed by atoms with van der Waals surface area (Å²) >= 11 is 5.80. The van der Waals surface area contributed by atoms with E-state index in [1.165, 1.54) is 0 Å². The molecule has 2 rings (SSSR count). The third-order valence-corrected chi connectivity index (χ3v) is 2.22. The van der Waals surface area contributed by atoms with Gasteiger partial charge in [0, 0.05) is 18.9 Å². The van der Waals surface area contributed by atoms with Gasteiger partial charge in [-0.3, -0.25) is 9.59 Å². The van der Waals surface area contributed by atoms with Crippen molar-refractivity contribution in [3.63, 3.8) is 0 Å². The van der Waals surface area contributed by atoms with Crippen molar-refractivity contribution in [2.45, 2.75) is 13.8 Å². The van der Waals surface area contributed by atoms with Crippen molar-refractivity contribution >= 4 is 34.3 Å². The van der Waals surface area contributed by atoms with Crippen molar-refractivity contribution in [2.75, 3.05) is 0 Å². The third kappa shape index (κ3) is 7.03. The predicted octanol–water partition coefficient (Wildman–Crippen LogP) is 1.82. The molecule has 2 aromatic rings. The van der Waals surface area contributed by atoms with Crippen LogP contribution in [0.5, 0.6) is 11.5 Å². The van der Waals surface area contributed by atoms with Crippen LogP contribution in [0.15, 0.2) is 30.3 Å². The van der Waals surface area contributed by atoms with Crippen LogP contribution in [0.3, 0.4) is 0 Å². The highest BCUT2D eigenvalue weighted by atomic mass is 35.5. The normalized spacial score (nSPS) is 8.90. The summed E-state index contributed by atoms with van der Waals surface area (Å²) in [5.74, 6) is -2.70. The highest BCUT2D eigenvalue weighted by Crippen LogP contribution is 2.34. The standard InChI is InChI=1S/C10H7ClO2.2C2H4O2/c11-8-5-9(12)10(13)7-4-2-1-3-6(7)8;2*1-2(3)4/h1-5,12-13H;2*1H3,(H,3,4)/p-2. The van der Waals surface area contributed by atoms with Gasteiger partial charge >= 0.3 is 0 Å². The first-order chi connectivity index (χ1) is 9.66. The van der Waals surface area contributed by atoms with E-state index in [4.69, 9.17) is 31.4 Å². The molecule has 114 valence electrons. The number of aliphatic carboxylic acids is 2. The summed E-state index contributed by atoms with van der Waals surface area (Å²) in [5, 5.41) is 38.6. The van der Waals surface area contributed by atoms with Crippen molar-refractivity contribution in [3.05, 3.63) is 35.4 Å². The Labute approximate surface area is 125 Å². The fraction of sp³-hybridized carbons (Fsp3) is 0.143. The average molecular weight is 313 g/mol. The van der Waals surface area contributed by atoms with E-state index in [0.29, 0.717) is 15.8 Å². The average Bonchev–Trinajstić information content (AvgIpc) is 2.35. The summed E-state index contributed by atoms with van der Waals surface area (Å²) in [4.78, 5) is 18.0. The number of carbonyl (C=O) groups is 2. The second kappa shape index (κ2) is 8.65. The summed E-state index contributed by atoms with van der Waals surface area (Å²) in [7, 11) is 0. The summed E-state index contributed by atoms with van der Waals surface area (Å²) in [6.07, 6.45) is 0. The largest absolute Gasteiger partial charge is 0.873 e. The molecule has 7 heteroatoms. The van der Waals surface area contributed by atoms with Gasteiger partial charge in [0.1, 0.15) is 0 Å². The van der Waals surface area contributed by atoms with Crippen LogP contribution >= 0.6 is 11.6 Å². The number of fused-ring (bicyclic) bond motifs is 1. The quantitative estimate of drug-likeness (QED) is 0.765. The predicted molar refractivity (Wildman–Crippen MR) is 74.5 cm³/mol. The number of carboxylic acids is 2. The molecule has 0 spiro atoms. The lowest BCUT2D eigenvalue weighted by atomic mass is 10.1. The Hall–Kier alpha value is -2.47. The first-order valence-corrected chi connectivity index (χ1v) is 5.99. The molecule has 0 atom stereocenters. The first kappa shape index (κ1) is 18.5. The second-order valence-corrected chi connectivity index (χ2v) is 4.18. The molecule has 0 unspecified atom stereocenters. The molecule has 0 saturated heterocycles. The van der Waals surface area contributed by atoms with Crippen LogP contribution < -0.4 is 10.2 Å². The molecule has 0 bridgehead atoms. The van der Waals surface area contributed by atoms with Gasteiger partial charge in [-0.05, 0) is 10.8 Å². The maximum Gasteiger partial charge on any atom is 0.300 e. The Morgan fingerprint density at radius 1 is 1.00 bits per heavy atom. The van der Waals surface area contributed by atoms with Gasteiger partial charge < -0.3 is 20.4 Å². The van der Waals surface area contributed by atoms with E-state index in [9.17, 15) is 10.2 Å². The fourth-order valence-electron chi connectivity index (χ4n) is 1.28. The zero-order valence-electron chi connectivity index (χ0n) is 11.3. The number of halogens is 1. The first-order valence-electron chi connectivity index (χ1n) is 5.61. The summed E-state index contributed by atoms with van der Waals surface area (Å²) in [6, 6.07) is 7.97. The van der Waals surface area contributed by atoms with Crippen molar-refractivity contribution in [1.29, 1.82) is 0 Å². The van der Waals surface area contributed by atoms with Gasteiger partial charge in [0.05, 0.1) is 0 Å². The lowest BCUT2D eigenvalue weighted by Crippen LogP contribution is -1.99. The Morgan fingerprint density at radius 3 is 1.81 bits per heavy atom. The van der Waals surface area contributed by atoms with Gasteiger partial charge in [0.25, 0.3) is 11.9 Å². The molecule has 2 N–H and O–H groups in total. The third-order valence-electron chi connectivity index (χ3n) is 1.91. The number of benzene rings is 2. The monoisotopic (exact) mass is 312 g/mol. The zero-order chi connectivity index (χ0) is 16.6. The lowest BCUT2D eigenvalue weighted by Gasteiger charge is -2.21. The molecule has 6 nitrogen and oxygen atoms in total. The number of carboxylic acid groups (broad SMARTS) is 2. The van der Waals surface area contributed by atoms with Crippen LogP contribution in [0.4, 0.5) is 0 Å². The van der Waals surface area contributed by atoms with Crippen LogP contribution in [-0.4, -0.2) is 22.2 Å². The number of rotatable bonds is 0. The van der Waals surface area contributed by atoms with Gasteiger partial charge in [-0.1, -0.05) is 41.9 Å². The van der Waals surface area contributed by atoms with E-state index in [2.05, 4.69) is 0 Å².